The first kappa shape index (κ1) is 11.3. The maximum absolute atomic E-state index is 10.7. The summed E-state index contributed by atoms with van der Waals surface area (Å²) in [5, 5.41) is 0. The van der Waals surface area contributed by atoms with E-state index in [1.54, 1.807) is 0 Å². The van der Waals surface area contributed by atoms with Gasteiger partial charge in [-0.05, 0) is 37.9 Å². The van der Waals surface area contributed by atoms with Crippen molar-refractivity contribution in [3.05, 3.63) is 36.0 Å². The van der Waals surface area contributed by atoms with E-state index in [9.17, 15) is 4.79 Å². The molecular weight excluding hydrogens is 198 g/mol. The molecule has 0 spiro atoms. The Morgan fingerprint density at radius 2 is 2.12 bits per heavy atom. The molecule has 0 aromatic carbocycles. The lowest BCUT2D eigenvalue weighted by molar-refractivity contribution is -0.112. The van der Waals surface area contributed by atoms with E-state index in [0.717, 1.165) is 45.2 Å². The van der Waals surface area contributed by atoms with Gasteiger partial charge < -0.3 is 4.79 Å². The zero-order valence-corrected chi connectivity index (χ0v) is 9.64. The fraction of sp³-hybridized carbons (Fsp3) is 0.500. The second-order valence-electron chi connectivity index (χ2n) is 4.56. The fourth-order valence-electron chi connectivity index (χ4n) is 2.23. The van der Waals surface area contributed by atoms with Gasteiger partial charge in [-0.3, -0.25) is 4.90 Å². The number of carbonyl (C=O) groups excluding carboxylic acids is 1. The monoisotopic (exact) mass is 217 g/mol. The molecule has 0 bridgehead atoms. The van der Waals surface area contributed by atoms with Gasteiger partial charge in [-0.1, -0.05) is 30.4 Å². The van der Waals surface area contributed by atoms with E-state index in [1.165, 1.54) is 5.57 Å². The van der Waals surface area contributed by atoms with Crippen LogP contribution in [0.1, 0.15) is 19.3 Å². The first-order chi connectivity index (χ1) is 7.88. The number of piperidine rings is 1. The third-order valence-corrected chi connectivity index (χ3v) is 3.28. The van der Waals surface area contributed by atoms with Gasteiger partial charge in [0.1, 0.15) is 6.29 Å². The molecular formula is C14H19NO. The maximum Gasteiger partial charge on any atom is 0.123 e. The van der Waals surface area contributed by atoms with E-state index in [4.69, 9.17) is 0 Å². The summed E-state index contributed by atoms with van der Waals surface area (Å²) >= 11 is 0. The summed E-state index contributed by atoms with van der Waals surface area (Å²) in [5.41, 5.74) is 1.37. The molecule has 0 atom stereocenters. The van der Waals surface area contributed by atoms with Crippen LogP contribution in [0, 0.1) is 5.92 Å². The minimum absolute atomic E-state index is 0.301. The number of nitrogens with zero attached hydrogens (tertiary/aromatic N) is 1. The number of carbonyl (C=O) groups is 1. The third-order valence-electron chi connectivity index (χ3n) is 3.28. The first-order valence-corrected chi connectivity index (χ1v) is 6.08. The van der Waals surface area contributed by atoms with Crippen molar-refractivity contribution >= 4 is 6.29 Å². The number of allylic oxidation sites excluding steroid dienone is 4. The van der Waals surface area contributed by atoms with Crippen LogP contribution in [0.3, 0.4) is 0 Å². The van der Waals surface area contributed by atoms with Crippen LogP contribution in [0.4, 0.5) is 0 Å². The average molecular weight is 217 g/mol. The second kappa shape index (κ2) is 5.80. The minimum Gasteiger partial charge on any atom is -0.303 e. The summed E-state index contributed by atoms with van der Waals surface area (Å²) in [6, 6.07) is 0. The Labute approximate surface area is 97.3 Å². The summed E-state index contributed by atoms with van der Waals surface area (Å²) in [4.78, 5) is 13.1. The van der Waals surface area contributed by atoms with Crippen molar-refractivity contribution in [1.82, 2.24) is 4.90 Å². The zero-order chi connectivity index (χ0) is 11.2. The van der Waals surface area contributed by atoms with Crippen molar-refractivity contribution in [2.75, 3.05) is 19.6 Å². The molecule has 1 aliphatic heterocycles. The molecule has 2 rings (SSSR count). The molecule has 2 aliphatic rings. The molecule has 1 aliphatic carbocycles. The standard InChI is InChI=1S/C14H19NO/c16-12-14-7-9-15(10-8-14)11-13-5-3-1-2-4-6-13/h1,3-6,12,14H,2,7-11H2. The molecule has 0 aromatic rings. The summed E-state index contributed by atoms with van der Waals surface area (Å²) in [6.45, 7) is 3.13. The number of hydrogen-bond donors (Lipinski definition) is 0. The van der Waals surface area contributed by atoms with Gasteiger partial charge in [-0.25, -0.2) is 0 Å². The molecule has 0 aromatic heterocycles. The highest BCUT2D eigenvalue weighted by Gasteiger charge is 2.18. The highest BCUT2D eigenvalue weighted by molar-refractivity contribution is 5.53. The molecule has 2 heteroatoms. The Kier molecular flexibility index (Phi) is 4.11. The fourth-order valence-corrected chi connectivity index (χ4v) is 2.23. The zero-order valence-electron chi connectivity index (χ0n) is 9.64. The lowest BCUT2D eigenvalue weighted by Crippen LogP contribution is -2.35. The van der Waals surface area contributed by atoms with Crippen molar-refractivity contribution in [3.63, 3.8) is 0 Å². The largest absolute Gasteiger partial charge is 0.303 e. The van der Waals surface area contributed by atoms with E-state index in [0.29, 0.717) is 5.92 Å². The Balaban J connectivity index is 1.84. The van der Waals surface area contributed by atoms with E-state index >= 15 is 0 Å². The smallest absolute Gasteiger partial charge is 0.123 e. The molecule has 0 N–H and O–H groups in total. The minimum atomic E-state index is 0.301. The molecule has 0 amide bonds. The van der Waals surface area contributed by atoms with Gasteiger partial charge in [-0.15, -0.1) is 0 Å². The van der Waals surface area contributed by atoms with Crippen molar-refractivity contribution in [3.8, 4) is 0 Å². The maximum atomic E-state index is 10.7. The van der Waals surface area contributed by atoms with Gasteiger partial charge in [0.2, 0.25) is 0 Å². The normalized spacial score (nSPS) is 22.9. The molecule has 0 unspecified atom stereocenters. The average Bonchev–Trinajstić information content (AvgIpc) is 2.59. The summed E-state index contributed by atoms with van der Waals surface area (Å²) in [7, 11) is 0. The van der Waals surface area contributed by atoms with Crippen LogP contribution in [0.25, 0.3) is 0 Å². The summed E-state index contributed by atoms with van der Waals surface area (Å²) in [5.74, 6) is 0.301. The first-order valence-electron chi connectivity index (χ1n) is 6.08. The van der Waals surface area contributed by atoms with E-state index in [2.05, 4.69) is 35.3 Å². The van der Waals surface area contributed by atoms with Crippen molar-refractivity contribution in [1.29, 1.82) is 0 Å². The molecule has 1 fully saturated rings. The van der Waals surface area contributed by atoms with Crippen molar-refractivity contribution < 1.29 is 4.79 Å². The van der Waals surface area contributed by atoms with Crippen LogP contribution in [0.2, 0.25) is 0 Å². The highest BCUT2D eigenvalue weighted by Crippen LogP contribution is 2.16. The van der Waals surface area contributed by atoms with Crippen molar-refractivity contribution in [2.45, 2.75) is 19.3 Å². The van der Waals surface area contributed by atoms with Crippen molar-refractivity contribution in [2.24, 2.45) is 5.92 Å². The lowest BCUT2D eigenvalue weighted by atomic mass is 9.98. The summed E-state index contributed by atoms with van der Waals surface area (Å²) < 4.78 is 0. The molecule has 86 valence electrons. The number of likely N-dealkylation sites (tertiary alicyclic amines) is 1. The van der Waals surface area contributed by atoms with Crippen LogP contribution in [-0.2, 0) is 4.79 Å². The van der Waals surface area contributed by atoms with Gasteiger partial charge in [0.05, 0.1) is 0 Å². The predicted octanol–water partition coefficient (Wildman–Crippen LogP) is 2.34. The Hall–Kier alpha value is -1.15. The van der Waals surface area contributed by atoms with Crippen LogP contribution in [0.5, 0.6) is 0 Å². The second-order valence-corrected chi connectivity index (χ2v) is 4.56. The van der Waals surface area contributed by atoms with E-state index in [1.807, 2.05) is 0 Å². The molecule has 2 nitrogen and oxygen atoms in total. The van der Waals surface area contributed by atoms with Crippen LogP contribution >= 0.6 is 0 Å². The van der Waals surface area contributed by atoms with Crippen LogP contribution < -0.4 is 0 Å². The number of hydrogen-bond acceptors (Lipinski definition) is 2. The molecule has 0 radical (unpaired) electrons. The third kappa shape index (κ3) is 3.17. The topological polar surface area (TPSA) is 20.3 Å². The Morgan fingerprint density at radius 3 is 2.88 bits per heavy atom. The van der Waals surface area contributed by atoms with E-state index < -0.39 is 0 Å². The number of rotatable bonds is 3. The molecule has 1 saturated heterocycles. The Morgan fingerprint density at radius 1 is 1.31 bits per heavy atom. The SMILES string of the molecule is O=CC1CCN(CC2=CC=CCC=C2)CC1. The summed E-state index contributed by atoms with van der Waals surface area (Å²) in [6.07, 6.45) is 15.1. The van der Waals surface area contributed by atoms with Gasteiger partial charge in [0.25, 0.3) is 0 Å². The van der Waals surface area contributed by atoms with E-state index in [-0.39, 0.29) is 0 Å². The van der Waals surface area contributed by atoms with Crippen LogP contribution in [-0.4, -0.2) is 30.8 Å². The van der Waals surface area contributed by atoms with Gasteiger partial charge >= 0.3 is 0 Å². The molecule has 16 heavy (non-hydrogen) atoms. The van der Waals surface area contributed by atoms with Gasteiger partial charge in [0.15, 0.2) is 0 Å². The molecule has 0 saturated carbocycles. The Bertz CT molecular complexity index is 320. The van der Waals surface area contributed by atoms with Gasteiger partial charge in [-0.2, -0.15) is 0 Å². The van der Waals surface area contributed by atoms with Gasteiger partial charge in [0, 0.05) is 12.5 Å². The van der Waals surface area contributed by atoms with Crippen LogP contribution in [0.15, 0.2) is 36.0 Å². The highest BCUT2D eigenvalue weighted by atomic mass is 16.1. The predicted molar refractivity (Wildman–Crippen MR) is 66.2 cm³/mol. The molecule has 1 heterocycles. The lowest BCUT2D eigenvalue weighted by Gasteiger charge is -2.29. The number of aldehydes is 1. The quantitative estimate of drug-likeness (QED) is 0.676.